The summed E-state index contributed by atoms with van der Waals surface area (Å²) in [5, 5.41) is 17.0. The van der Waals surface area contributed by atoms with Gasteiger partial charge in [-0.25, -0.2) is 0 Å². The molecule has 42 heavy (non-hydrogen) atoms. The zero-order chi connectivity index (χ0) is 30.1. The molecule has 1 aromatic heterocycles. The van der Waals surface area contributed by atoms with Crippen LogP contribution < -0.4 is 20.7 Å². The summed E-state index contributed by atoms with van der Waals surface area (Å²) in [6.07, 6.45) is 1.33. The number of ketones is 1. The maximum atomic E-state index is 11.5. The summed E-state index contributed by atoms with van der Waals surface area (Å²) >= 11 is 0. The van der Waals surface area contributed by atoms with Gasteiger partial charge >= 0.3 is 0 Å². The van der Waals surface area contributed by atoms with Crippen LogP contribution in [0.25, 0.3) is 33.3 Å². The Labute approximate surface area is 266 Å². The molecule has 3 heterocycles. The quantitative estimate of drug-likeness (QED) is 0.101. The Hall–Kier alpha value is -2.64. The zero-order valence-corrected chi connectivity index (χ0v) is 30.9. The first kappa shape index (κ1) is 32.3. The van der Waals surface area contributed by atoms with Gasteiger partial charge < -0.3 is 5.11 Å². The first-order valence-corrected chi connectivity index (χ1v) is 20.5. The van der Waals surface area contributed by atoms with Crippen LogP contribution in [0.2, 0.25) is 26.2 Å². The van der Waals surface area contributed by atoms with E-state index in [9.17, 15) is 9.90 Å². The van der Waals surface area contributed by atoms with E-state index in [-0.39, 0.29) is 37.1 Å². The van der Waals surface area contributed by atoms with E-state index in [2.05, 4.69) is 92.9 Å². The van der Waals surface area contributed by atoms with Crippen LogP contribution in [0, 0.1) is 16.9 Å². The molecule has 6 rings (SSSR count). The Kier molecular flexibility index (Phi) is 8.31. The molecule has 0 fully saturated rings. The smallest absolute Gasteiger partial charge is 0.164 e. The van der Waals surface area contributed by atoms with Gasteiger partial charge in [-0.1, -0.05) is 137 Å². The molecule has 6 heteroatoms. The second-order valence-electron chi connectivity index (χ2n) is 14.6. The van der Waals surface area contributed by atoms with Gasteiger partial charge in [0.05, 0.1) is 13.6 Å². The second-order valence-corrected chi connectivity index (χ2v) is 23.2. The Balaban J connectivity index is 0.000000249. The van der Waals surface area contributed by atoms with Crippen LogP contribution in [-0.4, -0.2) is 32.0 Å². The molecule has 0 saturated carbocycles. The molecule has 1 N–H and O–H groups in total. The van der Waals surface area contributed by atoms with Crippen LogP contribution >= 0.6 is 0 Å². The second kappa shape index (κ2) is 10.8. The number of carbonyl (C=O) groups is 1. The topological polar surface area (TPSA) is 50.2 Å². The van der Waals surface area contributed by atoms with Crippen molar-refractivity contribution in [2.45, 2.75) is 67.7 Å². The fraction of sp³-hybridized carbons (Fsp3) is 0.333. The van der Waals surface area contributed by atoms with E-state index in [4.69, 9.17) is 4.98 Å². The Morgan fingerprint density at radius 1 is 0.786 bits per heavy atom. The van der Waals surface area contributed by atoms with E-state index in [1.807, 2.05) is 41.5 Å². The third-order valence-electron chi connectivity index (χ3n) is 8.74. The molecule has 3 nitrogen and oxygen atoms in total. The molecule has 0 spiro atoms. The normalized spacial score (nSPS) is 15.9. The van der Waals surface area contributed by atoms with Crippen molar-refractivity contribution in [2.75, 3.05) is 0 Å². The van der Waals surface area contributed by atoms with Gasteiger partial charge in [-0.2, -0.15) is 0 Å². The van der Waals surface area contributed by atoms with Gasteiger partial charge in [0.1, 0.15) is 13.8 Å². The monoisotopic (exact) mass is 769 g/mol. The van der Waals surface area contributed by atoms with Crippen LogP contribution in [0.1, 0.15) is 41.5 Å². The number of aliphatic hydroxyl groups is 1. The summed E-state index contributed by atoms with van der Waals surface area (Å²) in [7, 11) is -3.61. The standard InChI is InChI=1S/C25H22NSi2.C11H20O2.Ir/c1-27(2)19-12-7-10-17-23(19)24-20(27)13-8-14-21(24)28(3,4)22-15-16-9-5-6-11-18(16)26-25(17)22;1-10(2,3)8(12)7-9(13)11(4,5)6;/h5-9,11-15H,1-4H3;7,12H,1-6H3;/q-1;;/b;8-7-;. The number of fused-ring (bicyclic) bond motifs is 3. The molecular weight excluding hydrogens is 727 g/mol. The van der Waals surface area contributed by atoms with Gasteiger partial charge in [-0.05, 0) is 17.1 Å². The summed E-state index contributed by atoms with van der Waals surface area (Å²) in [4.78, 5) is 16.7. The maximum absolute atomic E-state index is 11.5. The first-order chi connectivity index (χ1) is 19.0. The van der Waals surface area contributed by atoms with E-state index < -0.39 is 21.6 Å². The van der Waals surface area contributed by atoms with Gasteiger partial charge in [0.15, 0.2) is 5.78 Å². The van der Waals surface area contributed by atoms with Crippen molar-refractivity contribution in [3.8, 4) is 22.4 Å². The summed E-state index contributed by atoms with van der Waals surface area (Å²) in [6, 6.07) is 26.1. The molecule has 2 aliphatic heterocycles. The van der Waals surface area contributed by atoms with E-state index in [0.29, 0.717) is 0 Å². The number of rotatable bonds is 1. The van der Waals surface area contributed by atoms with E-state index in [0.717, 1.165) is 5.52 Å². The van der Waals surface area contributed by atoms with Crippen molar-refractivity contribution in [1.29, 1.82) is 0 Å². The molecule has 4 aromatic rings. The van der Waals surface area contributed by atoms with Crippen molar-refractivity contribution in [1.82, 2.24) is 4.98 Å². The number of benzene rings is 3. The number of allylic oxidation sites excluding steroid dienone is 2. The Morgan fingerprint density at radius 3 is 1.95 bits per heavy atom. The van der Waals surface area contributed by atoms with Crippen molar-refractivity contribution < 1.29 is 30.0 Å². The minimum Gasteiger partial charge on any atom is -0.512 e. The third kappa shape index (κ3) is 5.32. The van der Waals surface area contributed by atoms with Gasteiger partial charge in [0, 0.05) is 37.0 Å². The molecule has 2 aliphatic rings. The SMILES string of the molecule is CC(C)(C)C(=O)/C=C(\O)C(C)(C)C.C[Si]1(C)c2cc3ccccc3nc2-c2[c-]ccc3c2-c2c1cccc2[Si]3(C)C.[Ir]. The summed E-state index contributed by atoms with van der Waals surface area (Å²) < 4.78 is 0. The maximum Gasteiger partial charge on any atom is 0.164 e. The van der Waals surface area contributed by atoms with Crippen LogP contribution in [0.3, 0.4) is 0 Å². The fourth-order valence-electron chi connectivity index (χ4n) is 5.96. The van der Waals surface area contributed by atoms with E-state index in [1.54, 1.807) is 15.6 Å². The molecule has 0 unspecified atom stereocenters. The van der Waals surface area contributed by atoms with Crippen LogP contribution in [0.15, 0.2) is 72.5 Å². The zero-order valence-electron chi connectivity index (χ0n) is 26.5. The summed E-state index contributed by atoms with van der Waals surface area (Å²) in [5.74, 6) is 0.104. The first-order valence-electron chi connectivity index (χ1n) is 14.5. The van der Waals surface area contributed by atoms with E-state index >= 15 is 0 Å². The number of para-hydroxylation sites is 1. The minimum absolute atomic E-state index is 0. The molecule has 0 bridgehead atoms. The van der Waals surface area contributed by atoms with Crippen LogP contribution in [0.5, 0.6) is 0 Å². The van der Waals surface area contributed by atoms with Gasteiger partial charge in [0.2, 0.25) is 0 Å². The van der Waals surface area contributed by atoms with Crippen molar-refractivity contribution in [3.05, 3.63) is 78.6 Å². The number of hydrogen-bond acceptors (Lipinski definition) is 3. The third-order valence-corrected chi connectivity index (χ3v) is 15.8. The molecule has 0 atom stereocenters. The predicted molar refractivity (Wildman–Crippen MR) is 180 cm³/mol. The molecule has 0 aliphatic carbocycles. The predicted octanol–water partition coefficient (Wildman–Crippen LogP) is 6.73. The van der Waals surface area contributed by atoms with E-state index in [1.165, 1.54) is 39.0 Å². The number of carbonyl (C=O) groups excluding carboxylic acids is 1. The van der Waals surface area contributed by atoms with Crippen molar-refractivity contribution >= 4 is 53.6 Å². The molecule has 1 radical (unpaired) electrons. The van der Waals surface area contributed by atoms with Crippen LogP contribution in [-0.2, 0) is 24.9 Å². The summed E-state index contributed by atoms with van der Waals surface area (Å²) in [5.41, 5.74) is 5.67. The van der Waals surface area contributed by atoms with Gasteiger partial charge in [0.25, 0.3) is 0 Å². The number of nitrogens with zero attached hydrogens (tertiary/aromatic N) is 1. The van der Waals surface area contributed by atoms with Crippen molar-refractivity contribution in [2.24, 2.45) is 10.8 Å². The number of hydrogen-bond donors (Lipinski definition) is 1. The molecule has 3 aromatic carbocycles. The Bertz CT molecular complexity index is 1740. The molecule has 0 saturated heterocycles. The summed E-state index contributed by atoms with van der Waals surface area (Å²) in [6.45, 7) is 21.1. The number of aliphatic hydroxyl groups excluding tert-OH is 1. The minimum atomic E-state index is -1.92. The molecular formula is C36H42IrNO2Si2-. The van der Waals surface area contributed by atoms with Crippen LogP contribution in [0.4, 0.5) is 0 Å². The average molecular weight is 769 g/mol. The van der Waals surface area contributed by atoms with Gasteiger partial charge in [-0.3, -0.25) is 9.78 Å². The van der Waals surface area contributed by atoms with Crippen molar-refractivity contribution in [3.63, 3.8) is 0 Å². The van der Waals surface area contributed by atoms with Gasteiger partial charge in [-0.15, -0.1) is 28.9 Å². The molecule has 0 amide bonds. The Morgan fingerprint density at radius 2 is 1.36 bits per heavy atom. The number of aromatic nitrogens is 1. The largest absolute Gasteiger partial charge is 0.512 e. The average Bonchev–Trinajstić information content (AvgIpc) is 3.09. The number of pyridine rings is 1. The fourth-order valence-corrected chi connectivity index (χ4v) is 12.1. The molecule has 221 valence electrons.